The average molecular weight is 336 g/mol. The molecule has 3 rings (SSSR count). The molecule has 2 N–H and O–H groups in total. The lowest BCUT2D eigenvalue weighted by Crippen LogP contribution is -2.39. The van der Waals surface area contributed by atoms with Gasteiger partial charge in [-0.3, -0.25) is 4.79 Å². The third-order valence-electron chi connectivity index (χ3n) is 4.92. The van der Waals surface area contributed by atoms with Gasteiger partial charge < -0.3 is 20.1 Å². The highest BCUT2D eigenvalue weighted by Crippen LogP contribution is 2.33. The van der Waals surface area contributed by atoms with Gasteiger partial charge in [0.15, 0.2) is 11.6 Å². The second-order valence-corrected chi connectivity index (χ2v) is 6.58. The van der Waals surface area contributed by atoms with E-state index in [4.69, 9.17) is 9.47 Å². The van der Waals surface area contributed by atoms with Gasteiger partial charge >= 0.3 is 0 Å². The molecule has 1 aliphatic carbocycles. The maximum atomic E-state index is 14.0. The molecule has 1 aromatic carbocycles. The molecule has 0 aromatic heterocycles. The van der Waals surface area contributed by atoms with Crippen molar-refractivity contribution < 1.29 is 18.7 Å². The average Bonchev–Trinajstić information content (AvgIpc) is 3.01. The van der Waals surface area contributed by atoms with Crippen LogP contribution in [0.1, 0.15) is 32.1 Å². The number of anilines is 1. The van der Waals surface area contributed by atoms with Gasteiger partial charge in [0.1, 0.15) is 6.61 Å². The van der Waals surface area contributed by atoms with Crippen molar-refractivity contribution >= 4 is 11.6 Å². The van der Waals surface area contributed by atoms with Crippen molar-refractivity contribution in [1.29, 1.82) is 0 Å². The molecule has 24 heavy (non-hydrogen) atoms. The van der Waals surface area contributed by atoms with Crippen LogP contribution in [0.15, 0.2) is 18.2 Å². The molecule has 132 valence electrons. The molecule has 0 spiro atoms. The van der Waals surface area contributed by atoms with Crippen molar-refractivity contribution in [2.75, 3.05) is 25.6 Å². The van der Waals surface area contributed by atoms with Gasteiger partial charge in [0.2, 0.25) is 5.91 Å². The highest BCUT2D eigenvalue weighted by molar-refractivity contribution is 5.95. The quantitative estimate of drug-likeness (QED) is 0.784. The minimum atomic E-state index is -0.489. The van der Waals surface area contributed by atoms with E-state index in [0.717, 1.165) is 12.8 Å². The van der Waals surface area contributed by atoms with Gasteiger partial charge in [0, 0.05) is 24.9 Å². The third kappa shape index (κ3) is 4.05. The molecule has 1 aliphatic heterocycles. The summed E-state index contributed by atoms with van der Waals surface area (Å²) in [4.78, 5) is 12.4. The minimum absolute atomic E-state index is 0.0862. The number of ether oxygens (including phenoxy) is 2. The molecule has 3 atom stereocenters. The largest absolute Gasteiger partial charge is 0.488 e. The van der Waals surface area contributed by atoms with E-state index in [9.17, 15) is 9.18 Å². The first kappa shape index (κ1) is 17.2. The van der Waals surface area contributed by atoms with E-state index in [1.54, 1.807) is 13.2 Å². The predicted octanol–water partition coefficient (Wildman–Crippen LogP) is 2.71. The standard InChI is InChI=1S/C18H25FN2O3/c1-23-8-9-24-17-7-6-13(11-14(17)19)20-18(22)16-10-12-4-2-3-5-15(12)21-16/h6-7,11-12,15-16,21H,2-5,8-10H2,1H3,(H,20,22). The summed E-state index contributed by atoms with van der Waals surface area (Å²) in [6, 6.07) is 4.76. The first-order valence-electron chi connectivity index (χ1n) is 8.65. The van der Waals surface area contributed by atoms with Crippen LogP contribution in [0.3, 0.4) is 0 Å². The summed E-state index contributed by atoms with van der Waals surface area (Å²) in [6.07, 6.45) is 5.71. The molecule has 0 radical (unpaired) electrons. The van der Waals surface area contributed by atoms with Crippen molar-refractivity contribution in [1.82, 2.24) is 5.32 Å². The Hall–Kier alpha value is -1.66. The zero-order valence-corrected chi connectivity index (χ0v) is 14.0. The van der Waals surface area contributed by atoms with Gasteiger partial charge in [-0.2, -0.15) is 0 Å². The molecule has 1 heterocycles. The number of amides is 1. The molecule has 1 amide bonds. The minimum Gasteiger partial charge on any atom is -0.488 e. The van der Waals surface area contributed by atoms with Gasteiger partial charge in [-0.25, -0.2) is 4.39 Å². The van der Waals surface area contributed by atoms with Crippen molar-refractivity contribution in [2.24, 2.45) is 5.92 Å². The van der Waals surface area contributed by atoms with Crippen LogP contribution in [0.4, 0.5) is 10.1 Å². The summed E-state index contributed by atoms with van der Waals surface area (Å²) in [6.45, 7) is 0.682. The van der Waals surface area contributed by atoms with E-state index < -0.39 is 5.82 Å². The van der Waals surface area contributed by atoms with Crippen LogP contribution in [0.5, 0.6) is 5.75 Å². The highest BCUT2D eigenvalue weighted by atomic mass is 19.1. The number of hydrogen-bond acceptors (Lipinski definition) is 4. The van der Waals surface area contributed by atoms with Crippen molar-refractivity contribution in [3.05, 3.63) is 24.0 Å². The maximum absolute atomic E-state index is 14.0. The Labute approximate surface area is 141 Å². The van der Waals surface area contributed by atoms with E-state index in [0.29, 0.717) is 24.3 Å². The van der Waals surface area contributed by atoms with Crippen LogP contribution in [-0.4, -0.2) is 38.3 Å². The fraction of sp³-hybridized carbons (Fsp3) is 0.611. The van der Waals surface area contributed by atoms with Crippen LogP contribution in [0.2, 0.25) is 0 Å². The normalized spacial score (nSPS) is 26.0. The number of halogens is 1. The van der Waals surface area contributed by atoms with Gasteiger partial charge in [0.25, 0.3) is 0 Å². The Morgan fingerprint density at radius 2 is 2.17 bits per heavy atom. The fourth-order valence-corrected chi connectivity index (χ4v) is 3.68. The molecular formula is C18H25FN2O3. The smallest absolute Gasteiger partial charge is 0.241 e. The van der Waals surface area contributed by atoms with Gasteiger partial charge in [-0.05, 0) is 37.3 Å². The number of carbonyl (C=O) groups is 1. The SMILES string of the molecule is COCCOc1ccc(NC(=O)C2CC3CCCCC3N2)cc1F. The molecule has 5 nitrogen and oxygen atoms in total. The van der Waals surface area contributed by atoms with E-state index >= 15 is 0 Å². The van der Waals surface area contributed by atoms with Crippen molar-refractivity contribution in [3.63, 3.8) is 0 Å². The lowest BCUT2D eigenvalue weighted by Gasteiger charge is -2.24. The van der Waals surface area contributed by atoms with Crippen LogP contribution < -0.4 is 15.4 Å². The summed E-state index contributed by atoms with van der Waals surface area (Å²) in [5.41, 5.74) is 0.452. The summed E-state index contributed by atoms with van der Waals surface area (Å²) in [7, 11) is 1.56. The lowest BCUT2D eigenvalue weighted by molar-refractivity contribution is -0.117. The summed E-state index contributed by atoms with van der Waals surface area (Å²) >= 11 is 0. The molecule has 2 fully saturated rings. The number of methoxy groups -OCH3 is 1. The first-order chi connectivity index (χ1) is 11.7. The molecule has 3 unspecified atom stereocenters. The number of carbonyl (C=O) groups excluding carboxylic acids is 1. The number of hydrogen-bond donors (Lipinski definition) is 2. The number of benzene rings is 1. The Kier molecular flexibility index (Phi) is 5.68. The first-order valence-corrected chi connectivity index (χ1v) is 8.65. The Morgan fingerprint density at radius 3 is 2.92 bits per heavy atom. The number of fused-ring (bicyclic) bond motifs is 1. The fourth-order valence-electron chi connectivity index (χ4n) is 3.68. The Morgan fingerprint density at radius 1 is 1.33 bits per heavy atom. The molecule has 6 heteroatoms. The van der Waals surface area contributed by atoms with Crippen LogP contribution in [0.25, 0.3) is 0 Å². The highest BCUT2D eigenvalue weighted by Gasteiger charge is 2.38. The Bertz CT molecular complexity index is 567. The molecule has 2 aliphatic rings. The maximum Gasteiger partial charge on any atom is 0.241 e. The predicted molar refractivity (Wildman–Crippen MR) is 89.7 cm³/mol. The third-order valence-corrected chi connectivity index (χ3v) is 4.92. The monoisotopic (exact) mass is 336 g/mol. The molecule has 1 saturated carbocycles. The number of nitrogens with one attached hydrogen (secondary N) is 2. The van der Waals surface area contributed by atoms with Crippen LogP contribution in [-0.2, 0) is 9.53 Å². The lowest BCUT2D eigenvalue weighted by atomic mass is 9.85. The van der Waals surface area contributed by atoms with E-state index in [2.05, 4.69) is 10.6 Å². The zero-order chi connectivity index (χ0) is 16.9. The summed E-state index contributed by atoms with van der Waals surface area (Å²) in [5, 5.41) is 6.24. The molecule has 1 saturated heterocycles. The van der Waals surface area contributed by atoms with E-state index in [1.165, 1.54) is 31.4 Å². The van der Waals surface area contributed by atoms with Gasteiger partial charge in [-0.15, -0.1) is 0 Å². The van der Waals surface area contributed by atoms with E-state index in [-0.39, 0.29) is 24.3 Å². The molecule has 1 aromatic rings. The Balaban J connectivity index is 1.55. The second kappa shape index (κ2) is 7.94. The van der Waals surface area contributed by atoms with Crippen molar-refractivity contribution in [2.45, 2.75) is 44.2 Å². The van der Waals surface area contributed by atoms with Crippen molar-refractivity contribution in [3.8, 4) is 5.75 Å². The second-order valence-electron chi connectivity index (χ2n) is 6.58. The summed E-state index contributed by atoms with van der Waals surface area (Å²) in [5.74, 6) is 0.187. The van der Waals surface area contributed by atoms with E-state index in [1.807, 2.05) is 0 Å². The molecular weight excluding hydrogens is 311 g/mol. The van der Waals surface area contributed by atoms with Gasteiger partial charge in [0.05, 0.1) is 12.6 Å². The van der Waals surface area contributed by atoms with Gasteiger partial charge in [-0.1, -0.05) is 12.8 Å². The topological polar surface area (TPSA) is 59.6 Å². The zero-order valence-electron chi connectivity index (χ0n) is 14.0. The van der Waals surface area contributed by atoms with Crippen LogP contribution in [0, 0.1) is 11.7 Å². The number of rotatable bonds is 6. The van der Waals surface area contributed by atoms with Crippen LogP contribution >= 0.6 is 0 Å². The summed E-state index contributed by atoms with van der Waals surface area (Å²) < 4.78 is 24.2. The molecule has 0 bridgehead atoms.